The molecule has 0 aromatic heterocycles. The topological polar surface area (TPSA) is 58.6 Å². The van der Waals surface area contributed by atoms with Gasteiger partial charge in [-0.1, -0.05) is 12.1 Å². The summed E-state index contributed by atoms with van der Waals surface area (Å²) in [5.74, 6) is -0.0227. The lowest BCUT2D eigenvalue weighted by Crippen LogP contribution is -2.36. The molecule has 0 saturated carbocycles. The maximum absolute atomic E-state index is 12.9. The number of halogens is 1. The van der Waals surface area contributed by atoms with Gasteiger partial charge in [-0.25, -0.2) is 4.39 Å². The zero-order valence-corrected chi connectivity index (χ0v) is 13.2. The number of benzene rings is 2. The molecule has 1 heterocycles. The number of carbonyl (C=O) groups excluding carboxylic acids is 2. The van der Waals surface area contributed by atoms with Crippen LogP contribution < -0.4 is 15.0 Å². The van der Waals surface area contributed by atoms with Gasteiger partial charge in [-0.05, 0) is 29.8 Å². The van der Waals surface area contributed by atoms with E-state index >= 15 is 0 Å². The lowest BCUT2D eigenvalue weighted by Gasteiger charge is -2.29. The van der Waals surface area contributed by atoms with Crippen LogP contribution in [-0.2, 0) is 16.0 Å². The molecule has 0 aliphatic carbocycles. The Kier molecular flexibility index (Phi) is 4.46. The Bertz CT molecular complexity index is 774. The van der Waals surface area contributed by atoms with Crippen LogP contribution in [0.4, 0.5) is 15.8 Å². The van der Waals surface area contributed by atoms with Crippen LogP contribution in [0.5, 0.6) is 5.75 Å². The smallest absolute Gasteiger partial charge is 0.228 e. The summed E-state index contributed by atoms with van der Waals surface area (Å²) in [6, 6.07) is 11.0. The van der Waals surface area contributed by atoms with Crippen LogP contribution in [0.25, 0.3) is 0 Å². The quantitative estimate of drug-likeness (QED) is 0.942. The number of amides is 2. The average molecular weight is 328 g/mol. The molecule has 0 atom stereocenters. The SMILES string of the molecule is CC(=O)N1CCOc2cc(NC(=O)Cc3ccc(F)cc3)ccc21. The molecular formula is C18H17FN2O3. The molecule has 0 radical (unpaired) electrons. The molecule has 124 valence electrons. The molecule has 0 saturated heterocycles. The van der Waals surface area contributed by atoms with Gasteiger partial charge in [-0.2, -0.15) is 0 Å². The molecule has 2 amide bonds. The summed E-state index contributed by atoms with van der Waals surface area (Å²) in [5.41, 5.74) is 2.02. The summed E-state index contributed by atoms with van der Waals surface area (Å²) in [4.78, 5) is 25.4. The predicted molar refractivity (Wildman–Crippen MR) is 88.7 cm³/mol. The molecule has 0 bridgehead atoms. The van der Waals surface area contributed by atoms with Gasteiger partial charge in [0, 0.05) is 18.7 Å². The first-order valence-electron chi connectivity index (χ1n) is 7.62. The van der Waals surface area contributed by atoms with Crippen molar-refractivity contribution in [3.8, 4) is 5.75 Å². The fraction of sp³-hybridized carbons (Fsp3) is 0.222. The van der Waals surface area contributed by atoms with Gasteiger partial charge in [-0.3, -0.25) is 9.59 Å². The van der Waals surface area contributed by atoms with E-state index in [1.54, 1.807) is 35.2 Å². The molecule has 2 aromatic rings. The van der Waals surface area contributed by atoms with E-state index in [0.717, 1.165) is 5.56 Å². The fourth-order valence-corrected chi connectivity index (χ4v) is 2.62. The van der Waals surface area contributed by atoms with Crippen LogP contribution in [0.1, 0.15) is 12.5 Å². The summed E-state index contributed by atoms with van der Waals surface area (Å²) in [6.07, 6.45) is 0.151. The Morgan fingerprint density at radius 1 is 1.21 bits per heavy atom. The Balaban J connectivity index is 1.70. The first kappa shape index (κ1) is 16.0. The molecule has 3 rings (SSSR count). The first-order valence-corrected chi connectivity index (χ1v) is 7.62. The monoisotopic (exact) mass is 328 g/mol. The molecule has 0 fully saturated rings. The lowest BCUT2D eigenvalue weighted by atomic mass is 10.1. The first-order chi connectivity index (χ1) is 11.5. The number of anilines is 2. The molecule has 1 aliphatic heterocycles. The number of nitrogens with one attached hydrogen (secondary N) is 1. The van der Waals surface area contributed by atoms with E-state index in [-0.39, 0.29) is 24.1 Å². The molecule has 0 spiro atoms. The van der Waals surface area contributed by atoms with Gasteiger partial charge in [0.15, 0.2) is 0 Å². The standard InChI is InChI=1S/C18H17FN2O3/c1-12(22)21-8-9-24-17-11-15(6-7-16(17)21)20-18(23)10-13-2-4-14(19)5-3-13/h2-7,11H,8-10H2,1H3,(H,20,23). The predicted octanol–water partition coefficient (Wildman–Crippen LogP) is 2.75. The molecular weight excluding hydrogens is 311 g/mol. The highest BCUT2D eigenvalue weighted by molar-refractivity contribution is 5.96. The molecule has 1 N–H and O–H groups in total. The largest absolute Gasteiger partial charge is 0.489 e. The van der Waals surface area contributed by atoms with Gasteiger partial charge >= 0.3 is 0 Å². The fourth-order valence-electron chi connectivity index (χ4n) is 2.62. The number of fused-ring (bicyclic) bond motifs is 1. The Hall–Kier alpha value is -2.89. The van der Waals surface area contributed by atoms with Crippen LogP contribution in [0.3, 0.4) is 0 Å². The Morgan fingerprint density at radius 3 is 2.67 bits per heavy atom. The molecule has 1 aliphatic rings. The normalized spacial score (nSPS) is 13.0. The van der Waals surface area contributed by atoms with Crippen LogP contribution in [0.15, 0.2) is 42.5 Å². The highest BCUT2D eigenvalue weighted by atomic mass is 19.1. The number of carbonyl (C=O) groups is 2. The third-order valence-corrected chi connectivity index (χ3v) is 3.76. The van der Waals surface area contributed by atoms with Gasteiger partial charge < -0.3 is 15.0 Å². The van der Waals surface area contributed by atoms with Gasteiger partial charge in [0.05, 0.1) is 18.7 Å². The minimum absolute atomic E-state index is 0.0485. The van der Waals surface area contributed by atoms with E-state index in [4.69, 9.17) is 4.74 Å². The number of hydrogen-bond acceptors (Lipinski definition) is 3. The second-order valence-corrected chi connectivity index (χ2v) is 5.55. The number of hydrogen-bond donors (Lipinski definition) is 1. The third kappa shape index (κ3) is 3.53. The van der Waals surface area contributed by atoms with E-state index in [1.807, 2.05) is 0 Å². The highest BCUT2D eigenvalue weighted by Gasteiger charge is 2.21. The molecule has 2 aromatic carbocycles. The van der Waals surface area contributed by atoms with Crippen molar-refractivity contribution in [2.75, 3.05) is 23.4 Å². The number of rotatable bonds is 3. The zero-order valence-electron chi connectivity index (χ0n) is 13.2. The second kappa shape index (κ2) is 6.70. The lowest BCUT2D eigenvalue weighted by molar-refractivity contribution is -0.117. The summed E-state index contributed by atoms with van der Waals surface area (Å²) < 4.78 is 18.4. The van der Waals surface area contributed by atoms with Crippen LogP contribution in [-0.4, -0.2) is 25.0 Å². The average Bonchev–Trinajstić information content (AvgIpc) is 2.56. The summed E-state index contributed by atoms with van der Waals surface area (Å²) in [6.45, 7) is 2.44. The minimum atomic E-state index is -0.332. The molecule has 0 unspecified atom stereocenters. The van der Waals surface area contributed by atoms with Gasteiger partial charge in [0.2, 0.25) is 11.8 Å². The molecule has 6 heteroatoms. The van der Waals surface area contributed by atoms with Gasteiger partial charge in [0.25, 0.3) is 0 Å². The third-order valence-electron chi connectivity index (χ3n) is 3.76. The molecule has 5 nitrogen and oxygen atoms in total. The van der Waals surface area contributed by atoms with E-state index in [2.05, 4.69) is 5.32 Å². The van der Waals surface area contributed by atoms with Crippen LogP contribution in [0.2, 0.25) is 0 Å². The minimum Gasteiger partial charge on any atom is -0.489 e. The maximum Gasteiger partial charge on any atom is 0.228 e. The van der Waals surface area contributed by atoms with Crippen LogP contribution in [0, 0.1) is 5.82 Å². The summed E-state index contributed by atoms with van der Waals surface area (Å²) >= 11 is 0. The number of nitrogens with zero attached hydrogens (tertiary/aromatic N) is 1. The van der Waals surface area contributed by atoms with E-state index < -0.39 is 0 Å². The van der Waals surface area contributed by atoms with Gasteiger partial charge in [-0.15, -0.1) is 0 Å². The van der Waals surface area contributed by atoms with Crippen molar-refractivity contribution in [2.24, 2.45) is 0 Å². The summed E-state index contributed by atoms with van der Waals surface area (Å²) in [7, 11) is 0. The van der Waals surface area contributed by atoms with Crippen molar-refractivity contribution in [1.29, 1.82) is 0 Å². The Labute approximate surface area is 139 Å². The number of ether oxygens (including phenoxy) is 1. The van der Waals surface area contributed by atoms with E-state index in [0.29, 0.717) is 30.3 Å². The van der Waals surface area contributed by atoms with E-state index in [9.17, 15) is 14.0 Å². The van der Waals surface area contributed by atoms with Crippen molar-refractivity contribution in [2.45, 2.75) is 13.3 Å². The van der Waals surface area contributed by atoms with Crippen molar-refractivity contribution in [1.82, 2.24) is 0 Å². The summed E-state index contributed by atoms with van der Waals surface area (Å²) in [5, 5.41) is 2.78. The van der Waals surface area contributed by atoms with Crippen LogP contribution >= 0.6 is 0 Å². The zero-order chi connectivity index (χ0) is 17.1. The van der Waals surface area contributed by atoms with Crippen molar-refractivity contribution >= 4 is 23.2 Å². The highest BCUT2D eigenvalue weighted by Crippen LogP contribution is 2.34. The maximum atomic E-state index is 12.9. The van der Waals surface area contributed by atoms with Crippen molar-refractivity contribution in [3.63, 3.8) is 0 Å². The van der Waals surface area contributed by atoms with E-state index in [1.165, 1.54) is 19.1 Å². The van der Waals surface area contributed by atoms with Gasteiger partial charge in [0.1, 0.15) is 18.2 Å². The molecule has 24 heavy (non-hydrogen) atoms. The van der Waals surface area contributed by atoms with Crippen molar-refractivity contribution in [3.05, 3.63) is 53.8 Å². The Morgan fingerprint density at radius 2 is 1.96 bits per heavy atom. The second-order valence-electron chi connectivity index (χ2n) is 5.55. The van der Waals surface area contributed by atoms with Crippen molar-refractivity contribution < 1.29 is 18.7 Å².